The van der Waals surface area contributed by atoms with E-state index in [1.807, 2.05) is 43.9 Å². The molecule has 0 fully saturated rings. The molecular formula is C21H22N4O3. The van der Waals surface area contributed by atoms with Crippen molar-refractivity contribution >= 4 is 29.0 Å². The predicted molar refractivity (Wildman–Crippen MR) is 110 cm³/mol. The number of hydrogen-bond donors (Lipinski definition) is 1. The number of nitro benzene ring substituents is 1. The maximum atomic E-state index is 12.5. The molecule has 144 valence electrons. The number of aryl methyl sites for hydroxylation is 1. The largest absolute Gasteiger partial charge is 0.372 e. The van der Waals surface area contributed by atoms with Crippen molar-refractivity contribution in [2.75, 3.05) is 23.3 Å². The summed E-state index contributed by atoms with van der Waals surface area (Å²) in [4.78, 5) is 25.2. The van der Waals surface area contributed by atoms with Crippen LogP contribution in [0.2, 0.25) is 0 Å². The lowest BCUT2D eigenvalue weighted by Crippen LogP contribution is -2.22. The molecule has 7 heteroatoms. The van der Waals surface area contributed by atoms with Gasteiger partial charge in [0.25, 0.3) is 11.6 Å². The van der Waals surface area contributed by atoms with Crippen LogP contribution < -0.4 is 10.2 Å². The first-order valence-electron chi connectivity index (χ1n) is 8.92. The Morgan fingerprint density at radius 1 is 1.21 bits per heavy atom. The summed E-state index contributed by atoms with van der Waals surface area (Å²) in [7, 11) is 0. The molecule has 0 atom stereocenters. The van der Waals surface area contributed by atoms with Crippen LogP contribution in [0.25, 0.3) is 6.08 Å². The highest BCUT2D eigenvalue weighted by Gasteiger charge is 2.16. The molecule has 2 rings (SSSR count). The van der Waals surface area contributed by atoms with Crippen LogP contribution in [0.15, 0.2) is 48.0 Å². The molecule has 0 aliphatic carbocycles. The number of non-ortho nitro benzene ring substituents is 1. The van der Waals surface area contributed by atoms with Gasteiger partial charge in [0, 0.05) is 42.2 Å². The molecule has 0 radical (unpaired) electrons. The molecule has 2 aromatic carbocycles. The summed E-state index contributed by atoms with van der Waals surface area (Å²) in [5.41, 5.74) is 2.57. The van der Waals surface area contributed by atoms with Gasteiger partial charge < -0.3 is 10.2 Å². The summed E-state index contributed by atoms with van der Waals surface area (Å²) in [6, 6.07) is 13.5. The van der Waals surface area contributed by atoms with Crippen LogP contribution >= 0.6 is 0 Å². The average Bonchev–Trinajstić information content (AvgIpc) is 2.69. The number of nitro groups is 1. The van der Waals surface area contributed by atoms with E-state index in [9.17, 15) is 20.2 Å². The Kier molecular flexibility index (Phi) is 6.88. The van der Waals surface area contributed by atoms with Gasteiger partial charge in [0.1, 0.15) is 11.6 Å². The molecule has 0 saturated heterocycles. The summed E-state index contributed by atoms with van der Waals surface area (Å²) in [5.74, 6) is -0.566. The fourth-order valence-electron chi connectivity index (χ4n) is 2.76. The van der Waals surface area contributed by atoms with E-state index in [1.54, 1.807) is 18.2 Å². The molecule has 0 aliphatic rings. The Bertz CT molecular complexity index is 939. The molecule has 0 spiro atoms. The van der Waals surface area contributed by atoms with Gasteiger partial charge in [-0.2, -0.15) is 5.26 Å². The molecule has 1 amide bonds. The molecule has 28 heavy (non-hydrogen) atoms. The third-order valence-corrected chi connectivity index (χ3v) is 4.30. The lowest BCUT2D eigenvalue weighted by Gasteiger charge is -2.23. The van der Waals surface area contributed by atoms with Crippen LogP contribution in [0.4, 0.5) is 17.1 Å². The van der Waals surface area contributed by atoms with Crippen molar-refractivity contribution in [3.63, 3.8) is 0 Å². The van der Waals surface area contributed by atoms with Crippen LogP contribution in [0.5, 0.6) is 0 Å². The second kappa shape index (κ2) is 9.33. The Hall–Kier alpha value is -3.66. The van der Waals surface area contributed by atoms with Crippen molar-refractivity contribution in [1.82, 2.24) is 0 Å². The molecule has 2 aromatic rings. The average molecular weight is 378 g/mol. The number of benzene rings is 2. The van der Waals surface area contributed by atoms with Gasteiger partial charge in [-0.3, -0.25) is 14.9 Å². The normalized spacial score (nSPS) is 10.9. The number of nitrogens with zero attached hydrogens (tertiary/aromatic N) is 3. The highest BCUT2D eigenvalue weighted by atomic mass is 16.6. The highest BCUT2D eigenvalue weighted by molar-refractivity contribution is 6.10. The lowest BCUT2D eigenvalue weighted by molar-refractivity contribution is -0.384. The first kappa shape index (κ1) is 20.6. The zero-order valence-electron chi connectivity index (χ0n) is 16.1. The Morgan fingerprint density at radius 2 is 1.86 bits per heavy atom. The minimum Gasteiger partial charge on any atom is -0.372 e. The Morgan fingerprint density at radius 3 is 2.39 bits per heavy atom. The van der Waals surface area contributed by atoms with Crippen molar-refractivity contribution in [3.05, 3.63) is 69.3 Å². The van der Waals surface area contributed by atoms with Crippen molar-refractivity contribution in [2.24, 2.45) is 0 Å². The van der Waals surface area contributed by atoms with Crippen molar-refractivity contribution in [2.45, 2.75) is 20.8 Å². The minimum absolute atomic E-state index is 0.0987. The fourth-order valence-corrected chi connectivity index (χ4v) is 2.76. The highest BCUT2D eigenvalue weighted by Crippen LogP contribution is 2.28. The Labute approximate surface area is 164 Å². The van der Waals surface area contributed by atoms with Crippen LogP contribution in [-0.4, -0.2) is 23.9 Å². The summed E-state index contributed by atoms with van der Waals surface area (Å²) in [6.07, 6.45) is 1.39. The van der Waals surface area contributed by atoms with E-state index in [2.05, 4.69) is 5.32 Å². The van der Waals surface area contributed by atoms with E-state index in [0.717, 1.165) is 11.3 Å². The van der Waals surface area contributed by atoms with E-state index in [-0.39, 0.29) is 11.3 Å². The topological polar surface area (TPSA) is 99.3 Å². The van der Waals surface area contributed by atoms with Gasteiger partial charge in [0.05, 0.1) is 4.92 Å². The second-order valence-corrected chi connectivity index (χ2v) is 6.16. The van der Waals surface area contributed by atoms with Crippen molar-refractivity contribution in [3.8, 4) is 6.07 Å². The summed E-state index contributed by atoms with van der Waals surface area (Å²) < 4.78 is 0. The number of carbonyl (C=O) groups is 1. The van der Waals surface area contributed by atoms with Gasteiger partial charge in [-0.05, 0) is 45.0 Å². The van der Waals surface area contributed by atoms with Gasteiger partial charge in [0.15, 0.2) is 0 Å². The van der Waals surface area contributed by atoms with E-state index in [1.165, 1.54) is 18.2 Å². The van der Waals surface area contributed by atoms with Crippen LogP contribution in [-0.2, 0) is 4.79 Å². The number of anilines is 2. The van der Waals surface area contributed by atoms with Crippen LogP contribution in [0, 0.1) is 28.4 Å². The van der Waals surface area contributed by atoms with Crippen molar-refractivity contribution in [1.29, 1.82) is 5.26 Å². The van der Waals surface area contributed by atoms with Gasteiger partial charge in [-0.15, -0.1) is 0 Å². The molecule has 1 N–H and O–H groups in total. The zero-order valence-corrected chi connectivity index (χ0v) is 16.1. The molecule has 0 unspecified atom stereocenters. The summed E-state index contributed by atoms with van der Waals surface area (Å²) in [6.45, 7) is 7.24. The van der Waals surface area contributed by atoms with E-state index < -0.39 is 10.8 Å². The molecule has 7 nitrogen and oxygen atoms in total. The maximum Gasteiger partial charge on any atom is 0.270 e. The third kappa shape index (κ3) is 4.95. The van der Waals surface area contributed by atoms with Gasteiger partial charge >= 0.3 is 0 Å². The number of nitrogens with one attached hydrogen (secondary N) is 1. The van der Waals surface area contributed by atoms with E-state index in [0.29, 0.717) is 24.3 Å². The quantitative estimate of drug-likeness (QED) is 0.335. The molecule has 0 aromatic heterocycles. The molecular weight excluding hydrogens is 356 g/mol. The predicted octanol–water partition coefficient (Wildman–Crippen LogP) is 4.30. The maximum absolute atomic E-state index is 12.5. The van der Waals surface area contributed by atoms with Crippen LogP contribution in [0.3, 0.4) is 0 Å². The SMILES string of the molecule is CCN(CC)c1ccc([N+](=O)[O-])cc1/C=C(\C#N)C(=O)Nc1ccc(C)cc1. The zero-order chi connectivity index (χ0) is 20.7. The third-order valence-electron chi connectivity index (χ3n) is 4.30. The first-order chi connectivity index (χ1) is 13.4. The standard InChI is InChI=1S/C21H22N4O3/c1-4-24(5-2)20-11-10-19(25(27)28)13-16(20)12-17(14-22)21(26)23-18-8-6-15(3)7-9-18/h6-13H,4-5H2,1-3H3,(H,23,26)/b17-12+. The van der Waals surface area contributed by atoms with Gasteiger partial charge in [-0.1, -0.05) is 17.7 Å². The van der Waals surface area contributed by atoms with E-state index >= 15 is 0 Å². The lowest BCUT2D eigenvalue weighted by atomic mass is 10.1. The van der Waals surface area contributed by atoms with Gasteiger partial charge in [-0.25, -0.2) is 0 Å². The molecule has 0 aliphatic heterocycles. The number of amides is 1. The second-order valence-electron chi connectivity index (χ2n) is 6.16. The fraction of sp³-hybridized carbons (Fsp3) is 0.238. The number of hydrogen-bond acceptors (Lipinski definition) is 5. The number of carbonyl (C=O) groups excluding carboxylic acids is 1. The molecule has 0 bridgehead atoms. The smallest absolute Gasteiger partial charge is 0.270 e. The van der Waals surface area contributed by atoms with E-state index in [4.69, 9.17) is 0 Å². The summed E-state index contributed by atoms with van der Waals surface area (Å²) >= 11 is 0. The van der Waals surface area contributed by atoms with Gasteiger partial charge in [0.2, 0.25) is 0 Å². The number of nitriles is 1. The van der Waals surface area contributed by atoms with Crippen LogP contribution in [0.1, 0.15) is 25.0 Å². The Balaban J connectivity index is 2.44. The molecule has 0 heterocycles. The minimum atomic E-state index is -0.566. The first-order valence-corrected chi connectivity index (χ1v) is 8.92. The molecule has 0 saturated carbocycles. The number of rotatable bonds is 7. The summed E-state index contributed by atoms with van der Waals surface area (Å²) in [5, 5.41) is 23.3. The monoisotopic (exact) mass is 378 g/mol. The van der Waals surface area contributed by atoms with Crippen molar-refractivity contribution < 1.29 is 9.72 Å².